The summed E-state index contributed by atoms with van der Waals surface area (Å²) in [5, 5.41) is 13.6. The smallest absolute Gasteiger partial charge is 0.410 e. The number of carbonyl (C=O) groups is 1. The fourth-order valence-corrected chi connectivity index (χ4v) is 7.16. The number of hydrogen-bond donors (Lipinski definition) is 1. The van der Waals surface area contributed by atoms with E-state index in [1.807, 2.05) is 93.6 Å². The van der Waals surface area contributed by atoms with E-state index in [1.54, 1.807) is 12.0 Å². The summed E-state index contributed by atoms with van der Waals surface area (Å²) < 4.78 is 41.1. The van der Waals surface area contributed by atoms with Crippen LogP contribution >= 0.6 is 0 Å². The van der Waals surface area contributed by atoms with E-state index in [2.05, 4.69) is 31.8 Å². The summed E-state index contributed by atoms with van der Waals surface area (Å²) in [5.41, 5.74) is 2.21. The first-order chi connectivity index (χ1) is 26.3. The molecule has 3 unspecified atom stereocenters. The lowest BCUT2D eigenvalue weighted by Gasteiger charge is -2.42. The molecule has 1 aliphatic rings. The average Bonchev–Trinajstić information content (AvgIpc) is 3.14. The van der Waals surface area contributed by atoms with Crippen molar-refractivity contribution in [3.05, 3.63) is 102 Å². The number of benzene rings is 4. The number of ether oxygens (including phenoxy) is 7. The molecule has 10 nitrogen and oxygen atoms in total. The number of nitrogens with zero attached hydrogens (tertiary/aromatic N) is 1. The number of fused-ring (bicyclic) bond motifs is 1. The number of rotatable bonds is 18. The molecule has 1 saturated heterocycles. The van der Waals surface area contributed by atoms with E-state index in [1.165, 1.54) is 0 Å². The Labute approximate surface area is 327 Å². The van der Waals surface area contributed by atoms with Crippen molar-refractivity contribution in [2.75, 3.05) is 46.8 Å². The number of aliphatic hydroxyl groups excluding tert-OH is 1. The number of piperidine rings is 1. The number of likely N-dealkylation sites (tertiary alicyclic amines) is 1. The Hall–Kier alpha value is -4.13. The van der Waals surface area contributed by atoms with Crippen molar-refractivity contribution in [3.63, 3.8) is 0 Å². The largest absolute Gasteiger partial charge is 0.496 e. The van der Waals surface area contributed by atoms with Gasteiger partial charge in [0.2, 0.25) is 0 Å². The van der Waals surface area contributed by atoms with Gasteiger partial charge < -0.3 is 43.2 Å². The van der Waals surface area contributed by atoms with Crippen molar-refractivity contribution in [2.45, 2.75) is 89.8 Å². The Morgan fingerprint density at radius 2 is 1.56 bits per heavy atom. The topological polar surface area (TPSA) is 105 Å². The van der Waals surface area contributed by atoms with Crippen LogP contribution in [0.3, 0.4) is 0 Å². The Morgan fingerprint density at radius 1 is 0.818 bits per heavy atom. The van der Waals surface area contributed by atoms with E-state index < -0.39 is 32.0 Å². The van der Waals surface area contributed by atoms with Gasteiger partial charge in [0.25, 0.3) is 0 Å². The number of aliphatic hydroxyl groups is 1. The molecule has 1 fully saturated rings. The third-order valence-electron chi connectivity index (χ3n) is 9.34. The van der Waals surface area contributed by atoms with Gasteiger partial charge in [-0.3, -0.25) is 0 Å². The summed E-state index contributed by atoms with van der Waals surface area (Å²) in [6.45, 7) is 15.6. The van der Waals surface area contributed by atoms with E-state index in [9.17, 15) is 9.90 Å². The first-order valence-electron chi connectivity index (χ1n) is 19.2. The van der Waals surface area contributed by atoms with E-state index in [-0.39, 0.29) is 32.4 Å². The molecule has 0 aliphatic carbocycles. The standard InChI is InChI=1S/C44H59NO9Si/c1-44(2,3)54-43(47)45-27-39(46)42(34-16-18-37(19-17-34)51-22-10-21-49-30-35-11-8-9-12-40(35)48-4)41(28-45)52-29-32-13-14-33-15-20-38(26-36(33)25-32)53-31-50-23-24-55(5,6)7/h8-9,11-20,25-26,39,41-42,46H,10,21-24,27-31H2,1-7H3. The molecule has 0 bridgehead atoms. The lowest BCUT2D eigenvalue weighted by Crippen LogP contribution is -2.54. The van der Waals surface area contributed by atoms with Crippen LogP contribution in [-0.4, -0.2) is 88.8 Å². The highest BCUT2D eigenvalue weighted by molar-refractivity contribution is 6.76. The van der Waals surface area contributed by atoms with Gasteiger partial charge >= 0.3 is 6.09 Å². The highest BCUT2D eigenvalue weighted by Gasteiger charge is 2.40. The van der Waals surface area contributed by atoms with Gasteiger partial charge in [-0.05, 0) is 85.1 Å². The van der Waals surface area contributed by atoms with Crippen molar-refractivity contribution in [1.29, 1.82) is 0 Å². The summed E-state index contributed by atoms with van der Waals surface area (Å²) in [4.78, 5) is 14.7. The minimum absolute atomic E-state index is 0.132. The molecule has 5 rings (SSSR count). The third-order valence-corrected chi connectivity index (χ3v) is 11.0. The molecule has 11 heteroatoms. The molecular formula is C44H59NO9Si. The predicted molar refractivity (Wildman–Crippen MR) is 218 cm³/mol. The van der Waals surface area contributed by atoms with Crippen LogP contribution in [0.25, 0.3) is 10.8 Å². The first-order valence-corrected chi connectivity index (χ1v) is 22.9. The minimum Gasteiger partial charge on any atom is -0.496 e. The maximum atomic E-state index is 13.2. The van der Waals surface area contributed by atoms with Gasteiger partial charge in [0.1, 0.15) is 22.8 Å². The van der Waals surface area contributed by atoms with Crippen LogP contribution < -0.4 is 14.2 Å². The lowest BCUT2D eigenvalue weighted by molar-refractivity contribution is -0.0755. The van der Waals surface area contributed by atoms with Crippen LogP contribution in [0.2, 0.25) is 25.7 Å². The monoisotopic (exact) mass is 773 g/mol. The van der Waals surface area contributed by atoms with E-state index in [0.29, 0.717) is 26.4 Å². The fourth-order valence-electron chi connectivity index (χ4n) is 6.41. The molecule has 1 N–H and O–H groups in total. The van der Waals surface area contributed by atoms with Gasteiger partial charge in [0.15, 0.2) is 6.79 Å². The molecule has 298 valence electrons. The maximum absolute atomic E-state index is 13.2. The summed E-state index contributed by atoms with van der Waals surface area (Å²) in [6.07, 6.45) is -1.12. The van der Waals surface area contributed by atoms with Crippen LogP contribution in [0.1, 0.15) is 49.8 Å². The van der Waals surface area contributed by atoms with Crippen molar-refractivity contribution in [2.24, 2.45) is 0 Å². The number of amides is 1. The van der Waals surface area contributed by atoms with Gasteiger partial charge in [-0.2, -0.15) is 0 Å². The highest BCUT2D eigenvalue weighted by Crippen LogP contribution is 2.34. The van der Waals surface area contributed by atoms with Gasteiger partial charge in [0.05, 0.1) is 58.8 Å². The Bertz CT molecular complexity index is 1800. The van der Waals surface area contributed by atoms with Crippen LogP contribution in [0.15, 0.2) is 84.9 Å². The first kappa shape index (κ1) is 42.0. The lowest BCUT2D eigenvalue weighted by atomic mass is 9.84. The van der Waals surface area contributed by atoms with Gasteiger partial charge in [-0.25, -0.2) is 4.79 Å². The molecule has 0 saturated carbocycles. The second-order valence-electron chi connectivity index (χ2n) is 16.3. The number of methoxy groups -OCH3 is 1. The summed E-state index contributed by atoms with van der Waals surface area (Å²) in [6, 6.07) is 28.9. The molecule has 3 atom stereocenters. The quantitative estimate of drug-likeness (QED) is 0.0604. The van der Waals surface area contributed by atoms with Crippen molar-refractivity contribution >= 4 is 24.9 Å². The molecule has 0 spiro atoms. The zero-order chi connectivity index (χ0) is 39.4. The van der Waals surface area contributed by atoms with Crippen LogP contribution in [0.5, 0.6) is 17.2 Å². The van der Waals surface area contributed by atoms with Crippen LogP contribution in [0, 0.1) is 0 Å². The van der Waals surface area contributed by atoms with Gasteiger partial charge in [-0.1, -0.05) is 68.2 Å². The summed E-state index contributed by atoms with van der Waals surface area (Å²) in [7, 11) is 0.497. The normalized spacial score (nSPS) is 17.6. The highest BCUT2D eigenvalue weighted by atomic mass is 28.3. The molecular weight excluding hydrogens is 715 g/mol. The maximum Gasteiger partial charge on any atom is 0.410 e. The molecule has 0 aromatic heterocycles. The van der Waals surface area contributed by atoms with E-state index in [0.717, 1.165) is 57.2 Å². The molecule has 1 heterocycles. The SMILES string of the molecule is COc1ccccc1COCCCOc1ccc(C2C(O)CN(C(=O)OC(C)(C)C)CC2OCc2ccc3ccc(OCOCC[Si](C)(C)C)cc3c2)cc1. The zero-order valence-electron chi connectivity index (χ0n) is 33.5. The molecule has 4 aromatic carbocycles. The second-order valence-corrected chi connectivity index (χ2v) is 21.9. The van der Waals surface area contributed by atoms with Gasteiger partial charge in [0, 0.05) is 32.6 Å². The van der Waals surface area contributed by atoms with Crippen LogP contribution in [-0.2, 0) is 32.2 Å². The van der Waals surface area contributed by atoms with Gasteiger partial charge in [-0.15, -0.1) is 0 Å². The number of hydrogen-bond acceptors (Lipinski definition) is 9. The molecule has 55 heavy (non-hydrogen) atoms. The zero-order valence-corrected chi connectivity index (χ0v) is 34.5. The number of para-hydroxylation sites is 1. The molecule has 1 amide bonds. The van der Waals surface area contributed by atoms with E-state index >= 15 is 0 Å². The van der Waals surface area contributed by atoms with Crippen LogP contribution in [0.4, 0.5) is 4.79 Å². The number of carbonyl (C=O) groups excluding carboxylic acids is 1. The Kier molecular flexibility index (Phi) is 15.0. The third kappa shape index (κ3) is 13.2. The van der Waals surface area contributed by atoms with Crippen molar-refractivity contribution in [3.8, 4) is 17.2 Å². The second kappa shape index (κ2) is 19.6. The molecule has 4 aromatic rings. The molecule has 1 aliphatic heterocycles. The number of β-amino-alcohol motifs (C(OH)–C–C–N with tert-alkyl or cyclic N) is 1. The summed E-state index contributed by atoms with van der Waals surface area (Å²) in [5.74, 6) is 1.91. The fraction of sp³-hybridized carbons (Fsp3) is 0.477. The Morgan fingerprint density at radius 3 is 2.31 bits per heavy atom. The van der Waals surface area contributed by atoms with Crippen molar-refractivity contribution in [1.82, 2.24) is 4.90 Å². The minimum atomic E-state index is -1.16. The van der Waals surface area contributed by atoms with E-state index in [4.69, 9.17) is 33.2 Å². The predicted octanol–water partition coefficient (Wildman–Crippen LogP) is 8.81. The Balaban J connectivity index is 1.20. The molecule has 0 radical (unpaired) electrons. The average molecular weight is 774 g/mol. The summed E-state index contributed by atoms with van der Waals surface area (Å²) >= 11 is 0. The van der Waals surface area contributed by atoms with Crippen molar-refractivity contribution < 1.29 is 43.1 Å².